The summed E-state index contributed by atoms with van der Waals surface area (Å²) in [7, 11) is 3.12. The Hall–Kier alpha value is -3.58. The Morgan fingerprint density at radius 1 is 1.00 bits per heavy atom. The van der Waals surface area contributed by atoms with E-state index in [9.17, 15) is 4.79 Å². The van der Waals surface area contributed by atoms with Gasteiger partial charge >= 0.3 is 0 Å². The highest BCUT2D eigenvalue weighted by Gasteiger charge is 2.21. The number of carbonyl (C=O) groups is 1. The van der Waals surface area contributed by atoms with E-state index in [2.05, 4.69) is 10.3 Å². The van der Waals surface area contributed by atoms with Gasteiger partial charge in [-0.2, -0.15) is 0 Å². The van der Waals surface area contributed by atoms with Gasteiger partial charge < -0.3 is 19.2 Å². The lowest BCUT2D eigenvalue weighted by molar-refractivity contribution is 0.103. The molecule has 4 rings (SSSR count). The number of thiazole rings is 1. The molecule has 0 bridgehead atoms. The number of nitrogens with one attached hydrogen (secondary N) is 1. The minimum absolute atomic E-state index is 0.258. The summed E-state index contributed by atoms with van der Waals surface area (Å²) >= 11 is 1.28. The quantitative estimate of drug-likeness (QED) is 0.468. The molecule has 29 heavy (non-hydrogen) atoms. The molecule has 2 heterocycles. The van der Waals surface area contributed by atoms with E-state index in [0.29, 0.717) is 38.5 Å². The van der Waals surface area contributed by atoms with Crippen LogP contribution in [0.1, 0.15) is 9.67 Å². The van der Waals surface area contributed by atoms with Crippen LogP contribution in [0.15, 0.2) is 71.3 Å². The number of hydrogen-bond acceptors (Lipinski definition) is 6. The number of carbonyl (C=O) groups excluding carboxylic acids is 1. The average Bonchev–Trinajstić information content (AvgIpc) is 3.44. The number of anilines is 1. The smallest absolute Gasteiger partial charge is 0.268 e. The van der Waals surface area contributed by atoms with E-state index in [1.807, 2.05) is 36.4 Å². The zero-order chi connectivity index (χ0) is 20.2. The molecule has 1 amide bonds. The molecule has 0 saturated heterocycles. The molecular weight excluding hydrogens is 388 g/mol. The van der Waals surface area contributed by atoms with Crippen LogP contribution in [-0.4, -0.2) is 25.1 Å². The van der Waals surface area contributed by atoms with Crippen molar-refractivity contribution in [2.75, 3.05) is 19.5 Å². The topological polar surface area (TPSA) is 73.6 Å². The van der Waals surface area contributed by atoms with E-state index in [0.717, 1.165) is 5.56 Å². The van der Waals surface area contributed by atoms with Gasteiger partial charge in [0.25, 0.3) is 5.91 Å². The highest BCUT2D eigenvalue weighted by Crippen LogP contribution is 2.35. The Bertz CT molecular complexity index is 1120. The summed E-state index contributed by atoms with van der Waals surface area (Å²) in [5.41, 5.74) is 2.07. The summed E-state index contributed by atoms with van der Waals surface area (Å²) in [5, 5.41) is 3.56. The highest BCUT2D eigenvalue weighted by molar-refractivity contribution is 7.17. The van der Waals surface area contributed by atoms with Gasteiger partial charge in [-0.25, -0.2) is 4.98 Å². The van der Waals surface area contributed by atoms with Crippen LogP contribution in [0.2, 0.25) is 0 Å². The van der Waals surface area contributed by atoms with Crippen molar-refractivity contribution in [3.63, 3.8) is 0 Å². The van der Waals surface area contributed by atoms with Crippen LogP contribution in [0.3, 0.4) is 0 Å². The Morgan fingerprint density at radius 3 is 2.48 bits per heavy atom. The fourth-order valence-electron chi connectivity index (χ4n) is 2.87. The van der Waals surface area contributed by atoms with Crippen LogP contribution in [-0.2, 0) is 0 Å². The first-order valence-corrected chi connectivity index (χ1v) is 9.64. The van der Waals surface area contributed by atoms with E-state index in [-0.39, 0.29) is 5.91 Å². The zero-order valence-corrected chi connectivity index (χ0v) is 16.7. The second-order valence-electron chi connectivity index (χ2n) is 6.06. The van der Waals surface area contributed by atoms with Gasteiger partial charge in [-0.05, 0) is 24.3 Å². The van der Waals surface area contributed by atoms with Crippen molar-refractivity contribution in [2.24, 2.45) is 0 Å². The van der Waals surface area contributed by atoms with Crippen molar-refractivity contribution in [2.45, 2.75) is 0 Å². The number of hydrogen-bond donors (Lipinski definition) is 1. The lowest BCUT2D eigenvalue weighted by Crippen LogP contribution is -2.11. The molecule has 146 valence electrons. The molecule has 0 saturated carbocycles. The molecule has 0 atom stereocenters. The summed E-state index contributed by atoms with van der Waals surface area (Å²) in [5.74, 6) is 1.49. The maximum absolute atomic E-state index is 13.1. The van der Waals surface area contributed by atoms with Gasteiger partial charge in [0.1, 0.15) is 4.88 Å². The Kier molecular flexibility index (Phi) is 5.31. The lowest BCUT2D eigenvalue weighted by atomic mass is 10.1. The number of rotatable bonds is 6. The maximum atomic E-state index is 13.1. The van der Waals surface area contributed by atoms with Crippen molar-refractivity contribution >= 4 is 22.9 Å². The molecule has 2 aromatic heterocycles. The van der Waals surface area contributed by atoms with E-state index in [1.165, 1.54) is 11.3 Å². The van der Waals surface area contributed by atoms with Crippen molar-refractivity contribution in [3.05, 3.63) is 71.8 Å². The second-order valence-corrected chi connectivity index (χ2v) is 7.06. The van der Waals surface area contributed by atoms with Gasteiger partial charge in [-0.1, -0.05) is 30.3 Å². The summed E-state index contributed by atoms with van der Waals surface area (Å²) in [6.45, 7) is 0. The van der Waals surface area contributed by atoms with Crippen LogP contribution in [0, 0.1) is 0 Å². The Balaban J connectivity index is 1.71. The summed E-state index contributed by atoms with van der Waals surface area (Å²) in [6, 6.07) is 18.4. The first-order valence-electron chi connectivity index (χ1n) is 8.83. The first kappa shape index (κ1) is 18.8. The van der Waals surface area contributed by atoms with Crippen molar-refractivity contribution in [3.8, 4) is 33.5 Å². The number of methoxy groups -OCH3 is 2. The molecular formula is C22H18N2O4S. The molecule has 0 unspecified atom stereocenters. The fourth-order valence-corrected chi connectivity index (χ4v) is 3.82. The normalized spacial score (nSPS) is 10.6. The third-order valence-electron chi connectivity index (χ3n) is 4.25. The van der Waals surface area contributed by atoms with Gasteiger partial charge in [-0.3, -0.25) is 4.79 Å². The standard InChI is InChI=1S/C22H18N2O4S/c1-26-16-11-10-15(13-18(16)27-2)23-21(25)20-19(14-7-4-3-5-8-14)24-22(29-20)17-9-6-12-28-17/h3-13H,1-2H3,(H,23,25). The Morgan fingerprint density at radius 2 is 1.79 bits per heavy atom. The van der Waals surface area contributed by atoms with Gasteiger partial charge in [0.2, 0.25) is 0 Å². The van der Waals surface area contributed by atoms with Gasteiger partial charge in [0, 0.05) is 17.3 Å². The van der Waals surface area contributed by atoms with Gasteiger partial charge in [0.05, 0.1) is 26.2 Å². The van der Waals surface area contributed by atoms with Crippen LogP contribution in [0.4, 0.5) is 5.69 Å². The van der Waals surface area contributed by atoms with Crippen LogP contribution in [0.25, 0.3) is 22.0 Å². The summed E-state index contributed by atoms with van der Waals surface area (Å²) < 4.78 is 16.0. The minimum atomic E-state index is -0.258. The molecule has 0 aliphatic heterocycles. The SMILES string of the molecule is COc1ccc(NC(=O)c2sc(-c3ccco3)nc2-c2ccccc2)cc1OC. The zero-order valence-electron chi connectivity index (χ0n) is 15.8. The molecule has 7 heteroatoms. The van der Waals surface area contributed by atoms with E-state index < -0.39 is 0 Å². The molecule has 0 spiro atoms. The molecule has 0 fully saturated rings. The largest absolute Gasteiger partial charge is 0.493 e. The van der Waals surface area contributed by atoms with Crippen LogP contribution >= 0.6 is 11.3 Å². The van der Waals surface area contributed by atoms with E-state index in [1.54, 1.807) is 44.7 Å². The third-order valence-corrected chi connectivity index (χ3v) is 5.32. The first-order chi connectivity index (χ1) is 14.2. The average molecular weight is 406 g/mol. The van der Waals surface area contributed by atoms with E-state index in [4.69, 9.17) is 13.9 Å². The third kappa shape index (κ3) is 3.86. The number of nitrogens with zero attached hydrogens (tertiary/aromatic N) is 1. The minimum Gasteiger partial charge on any atom is -0.493 e. The number of aromatic nitrogens is 1. The molecule has 0 aliphatic rings. The van der Waals surface area contributed by atoms with Crippen molar-refractivity contribution < 1.29 is 18.7 Å². The Labute approximate surface area is 171 Å². The molecule has 0 radical (unpaired) electrons. The summed E-state index contributed by atoms with van der Waals surface area (Å²) in [6.07, 6.45) is 1.59. The number of benzene rings is 2. The van der Waals surface area contributed by atoms with Crippen molar-refractivity contribution in [1.29, 1.82) is 0 Å². The molecule has 1 N–H and O–H groups in total. The second kappa shape index (κ2) is 8.20. The van der Waals surface area contributed by atoms with Gasteiger partial charge in [0.15, 0.2) is 22.3 Å². The molecule has 0 aliphatic carbocycles. The number of ether oxygens (including phenoxy) is 2. The van der Waals surface area contributed by atoms with Crippen molar-refractivity contribution in [1.82, 2.24) is 4.98 Å². The molecule has 2 aromatic carbocycles. The maximum Gasteiger partial charge on any atom is 0.268 e. The monoisotopic (exact) mass is 406 g/mol. The number of amides is 1. The van der Waals surface area contributed by atoms with Crippen LogP contribution < -0.4 is 14.8 Å². The number of furan rings is 1. The molecule has 6 nitrogen and oxygen atoms in total. The van der Waals surface area contributed by atoms with Crippen LogP contribution in [0.5, 0.6) is 11.5 Å². The predicted molar refractivity (Wildman–Crippen MR) is 113 cm³/mol. The predicted octanol–water partition coefficient (Wildman–Crippen LogP) is 5.34. The molecule has 4 aromatic rings. The fraction of sp³-hybridized carbons (Fsp3) is 0.0909. The lowest BCUT2D eigenvalue weighted by Gasteiger charge is -2.10. The summed E-state index contributed by atoms with van der Waals surface area (Å²) in [4.78, 5) is 18.3. The van der Waals surface area contributed by atoms with Gasteiger partial charge in [-0.15, -0.1) is 11.3 Å². The highest BCUT2D eigenvalue weighted by atomic mass is 32.1. The van der Waals surface area contributed by atoms with E-state index >= 15 is 0 Å².